The number of phenols is 1. The van der Waals surface area contributed by atoms with Crippen molar-refractivity contribution in [1.82, 2.24) is 0 Å². The topological polar surface area (TPSA) is 82.3 Å². The molecule has 2 N–H and O–H groups in total. The van der Waals surface area contributed by atoms with E-state index in [0.717, 1.165) is 18.5 Å². The lowest BCUT2D eigenvalue weighted by molar-refractivity contribution is -0.112. The van der Waals surface area contributed by atoms with Gasteiger partial charge < -0.3 is 15.2 Å². The molecule has 0 unspecified atom stereocenters. The van der Waals surface area contributed by atoms with Crippen LogP contribution in [0.1, 0.15) is 12.5 Å². The summed E-state index contributed by atoms with van der Waals surface area (Å²) in [5, 5.41) is 21.2. The van der Waals surface area contributed by atoms with Gasteiger partial charge in [-0.2, -0.15) is 5.26 Å². The molecule has 0 spiro atoms. The van der Waals surface area contributed by atoms with E-state index in [-0.39, 0.29) is 11.3 Å². The summed E-state index contributed by atoms with van der Waals surface area (Å²) in [5.41, 5.74) is 1.23. The van der Waals surface area contributed by atoms with Crippen molar-refractivity contribution in [3.63, 3.8) is 0 Å². The van der Waals surface area contributed by atoms with E-state index < -0.39 is 5.91 Å². The van der Waals surface area contributed by atoms with Crippen molar-refractivity contribution in [3.05, 3.63) is 54.7 Å². The number of rotatable bonds is 5. The number of carbonyl (C=O) groups excluding carboxylic acids is 1. The fourth-order valence-electron chi connectivity index (χ4n) is 2.00. The van der Waals surface area contributed by atoms with Gasteiger partial charge in [0, 0.05) is 5.69 Å². The molecule has 0 aromatic heterocycles. The van der Waals surface area contributed by atoms with Gasteiger partial charge in [-0.25, -0.2) is 0 Å². The van der Waals surface area contributed by atoms with Crippen LogP contribution in [-0.4, -0.2) is 17.6 Å². The van der Waals surface area contributed by atoms with Crippen LogP contribution in [0.2, 0.25) is 0 Å². The normalized spacial score (nSPS) is 10.9. The lowest BCUT2D eigenvalue weighted by Crippen LogP contribution is -2.13. The van der Waals surface area contributed by atoms with Gasteiger partial charge in [0.25, 0.3) is 5.91 Å². The molecule has 25 heavy (non-hydrogen) atoms. The Bertz CT molecular complexity index is 833. The lowest BCUT2D eigenvalue weighted by Gasteiger charge is -2.10. The van der Waals surface area contributed by atoms with E-state index >= 15 is 0 Å². The van der Waals surface area contributed by atoms with Crippen molar-refractivity contribution >= 4 is 62.9 Å². The van der Waals surface area contributed by atoms with Gasteiger partial charge in [0.1, 0.15) is 23.1 Å². The Morgan fingerprint density at radius 3 is 2.40 bits per heavy atom. The van der Waals surface area contributed by atoms with Crippen LogP contribution in [0.3, 0.4) is 0 Å². The monoisotopic (exact) mass is 560 g/mol. The SMILES string of the molecule is CCOc1c(I)cc(/C=C(\C#N)C(=O)Nc2ccc(O)cc2)cc1I. The first-order chi connectivity index (χ1) is 11.9. The molecule has 5 nitrogen and oxygen atoms in total. The highest BCUT2D eigenvalue weighted by atomic mass is 127. The number of benzene rings is 2. The number of carbonyl (C=O) groups is 1. The molecule has 0 radical (unpaired) electrons. The zero-order valence-corrected chi connectivity index (χ0v) is 17.5. The number of phenolic OH excluding ortho intramolecular Hbond substituents is 1. The predicted molar refractivity (Wildman–Crippen MR) is 113 cm³/mol. The summed E-state index contributed by atoms with van der Waals surface area (Å²) in [6.07, 6.45) is 1.54. The van der Waals surface area contributed by atoms with Crippen LogP contribution in [0.4, 0.5) is 5.69 Å². The Balaban J connectivity index is 2.26. The number of hydrogen-bond acceptors (Lipinski definition) is 4. The molecule has 2 aromatic carbocycles. The van der Waals surface area contributed by atoms with Gasteiger partial charge in [0.05, 0.1) is 13.7 Å². The molecular formula is C18H14I2N2O3. The zero-order chi connectivity index (χ0) is 18.4. The summed E-state index contributed by atoms with van der Waals surface area (Å²) in [6.45, 7) is 2.49. The molecule has 0 fully saturated rings. The molecule has 2 rings (SSSR count). The summed E-state index contributed by atoms with van der Waals surface area (Å²) in [4.78, 5) is 12.3. The molecule has 0 saturated heterocycles. The average molecular weight is 560 g/mol. The van der Waals surface area contributed by atoms with E-state index in [4.69, 9.17) is 4.74 Å². The van der Waals surface area contributed by atoms with Crippen molar-refractivity contribution in [2.24, 2.45) is 0 Å². The second-order valence-electron chi connectivity index (χ2n) is 4.92. The van der Waals surface area contributed by atoms with Crippen LogP contribution in [0.15, 0.2) is 42.0 Å². The maximum atomic E-state index is 12.3. The van der Waals surface area contributed by atoms with Crippen LogP contribution in [0.5, 0.6) is 11.5 Å². The number of nitriles is 1. The van der Waals surface area contributed by atoms with Gasteiger partial charge in [0.15, 0.2) is 0 Å². The summed E-state index contributed by atoms with van der Waals surface area (Å²) < 4.78 is 7.41. The fourth-order valence-corrected chi connectivity index (χ4v) is 4.13. The molecule has 7 heteroatoms. The molecule has 128 valence electrons. The average Bonchev–Trinajstić information content (AvgIpc) is 2.58. The van der Waals surface area contributed by atoms with Crippen LogP contribution >= 0.6 is 45.2 Å². The third-order valence-corrected chi connectivity index (χ3v) is 4.71. The van der Waals surface area contributed by atoms with Gasteiger partial charge in [0.2, 0.25) is 0 Å². The highest BCUT2D eigenvalue weighted by Crippen LogP contribution is 2.30. The zero-order valence-electron chi connectivity index (χ0n) is 13.2. The van der Waals surface area contributed by atoms with Crippen LogP contribution in [0, 0.1) is 18.5 Å². The summed E-state index contributed by atoms with van der Waals surface area (Å²) in [5.74, 6) is 0.396. The van der Waals surface area contributed by atoms with Gasteiger partial charge in [-0.05, 0) is 100 Å². The third kappa shape index (κ3) is 5.34. The lowest BCUT2D eigenvalue weighted by atomic mass is 10.1. The smallest absolute Gasteiger partial charge is 0.266 e. The van der Waals surface area contributed by atoms with Gasteiger partial charge in [-0.1, -0.05) is 0 Å². The van der Waals surface area contributed by atoms with Crippen LogP contribution in [-0.2, 0) is 4.79 Å². The Kier molecular flexibility index (Phi) is 7.07. The molecule has 1 amide bonds. The minimum atomic E-state index is -0.507. The van der Waals surface area contributed by atoms with Crippen molar-refractivity contribution in [2.75, 3.05) is 11.9 Å². The quantitative estimate of drug-likeness (QED) is 0.244. The van der Waals surface area contributed by atoms with Crippen molar-refractivity contribution in [1.29, 1.82) is 5.26 Å². The summed E-state index contributed by atoms with van der Waals surface area (Å²) in [7, 11) is 0. The molecule has 2 aromatic rings. The number of nitrogens with one attached hydrogen (secondary N) is 1. The molecule has 0 saturated carbocycles. The minimum absolute atomic E-state index is 0.0103. The standard InChI is InChI=1S/C18H14I2N2O3/c1-2-25-17-15(19)8-11(9-16(17)20)7-12(10-21)18(24)22-13-3-5-14(23)6-4-13/h3-9,23H,2H2,1H3,(H,22,24)/b12-7+. The van der Waals surface area contributed by atoms with Gasteiger partial charge in [-0.15, -0.1) is 0 Å². The maximum absolute atomic E-state index is 12.3. The number of amides is 1. The molecular weight excluding hydrogens is 546 g/mol. The van der Waals surface area contributed by atoms with Crippen LogP contribution < -0.4 is 10.1 Å². The Morgan fingerprint density at radius 1 is 1.28 bits per heavy atom. The van der Waals surface area contributed by atoms with E-state index in [0.29, 0.717) is 12.3 Å². The number of aromatic hydroxyl groups is 1. The highest BCUT2D eigenvalue weighted by molar-refractivity contribution is 14.1. The molecule has 0 aliphatic heterocycles. The second-order valence-corrected chi connectivity index (χ2v) is 7.24. The molecule has 0 bridgehead atoms. The highest BCUT2D eigenvalue weighted by Gasteiger charge is 2.12. The van der Waals surface area contributed by atoms with Gasteiger partial charge in [-0.3, -0.25) is 4.79 Å². The number of anilines is 1. The third-order valence-electron chi connectivity index (χ3n) is 3.11. The Labute approximate surface area is 173 Å². The number of hydrogen-bond donors (Lipinski definition) is 2. The first kappa shape index (κ1) is 19.5. The van der Waals surface area contributed by atoms with E-state index in [2.05, 4.69) is 50.5 Å². The number of halogens is 2. The molecule has 0 heterocycles. The largest absolute Gasteiger partial charge is 0.508 e. The predicted octanol–water partition coefficient (Wildman–Crippen LogP) is 4.55. The Hall–Kier alpha value is -1.80. The van der Waals surface area contributed by atoms with E-state index in [1.165, 1.54) is 18.2 Å². The van der Waals surface area contributed by atoms with E-state index in [1.807, 2.05) is 25.1 Å². The molecule has 0 aliphatic rings. The van der Waals surface area contributed by atoms with Crippen molar-refractivity contribution in [2.45, 2.75) is 6.92 Å². The first-order valence-corrected chi connectivity index (χ1v) is 9.44. The summed E-state index contributed by atoms with van der Waals surface area (Å²) >= 11 is 4.33. The fraction of sp³-hybridized carbons (Fsp3) is 0.111. The van der Waals surface area contributed by atoms with Crippen molar-refractivity contribution < 1.29 is 14.6 Å². The van der Waals surface area contributed by atoms with Crippen LogP contribution in [0.25, 0.3) is 6.08 Å². The first-order valence-electron chi connectivity index (χ1n) is 7.28. The molecule has 0 aliphatic carbocycles. The molecule has 0 atom stereocenters. The summed E-state index contributed by atoms with van der Waals surface area (Å²) in [6, 6.07) is 11.7. The van der Waals surface area contributed by atoms with Crippen molar-refractivity contribution in [3.8, 4) is 17.6 Å². The van der Waals surface area contributed by atoms with Gasteiger partial charge >= 0.3 is 0 Å². The minimum Gasteiger partial charge on any atom is -0.508 e. The Morgan fingerprint density at radius 2 is 1.88 bits per heavy atom. The maximum Gasteiger partial charge on any atom is 0.266 e. The van der Waals surface area contributed by atoms with E-state index in [9.17, 15) is 15.2 Å². The van der Waals surface area contributed by atoms with E-state index in [1.54, 1.807) is 12.1 Å². The number of ether oxygens (including phenoxy) is 1. The second kappa shape index (κ2) is 9.05. The number of nitrogens with zero attached hydrogens (tertiary/aromatic N) is 1.